The minimum absolute atomic E-state index is 0.164. The number of hydrogen-bond acceptors (Lipinski definition) is 6. The molecule has 2 heterocycles. The topological polar surface area (TPSA) is 117 Å². The lowest BCUT2D eigenvalue weighted by atomic mass is 9.86. The van der Waals surface area contributed by atoms with Gasteiger partial charge in [-0.1, -0.05) is 49.4 Å². The van der Waals surface area contributed by atoms with Gasteiger partial charge in [0.15, 0.2) is 0 Å². The number of carbonyl (C=O) groups is 4. The minimum atomic E-state index is -5.15. The number of benzene rings is 2. The third kappa shape index (κ3) is 5.52. The van der Waals surface area contributed by atoms with Crippen LogP contribution in [0.1, 0.15) is 60.9 Å². The molecule has 5 atom stereocenters. The van der Waals surface area contributed by atoms with E-state index in [1.807, 2.05) is 36.4 Å². The Labute approximate surface area is 234 Å². The predicted octanol–water partition coefficient (Wildman–Crippen LogP) is 2.78. The summed E-state index contributed by atoms with van der Waals surface area (Å²) in [6, 6.07) is 10.5. The number of amides is 3. The van der Waals surface area contributed by atoms with Crippen molar-refractivity contribution in [2.45, 2.75) is 75.8 Å². The number of alkyl halides is 3. The minimum Gasteiger partial charge on any atom is -0.443 e. The lowest BCUT2D eigenvalue weighted by molar-refractivity contribution is -0.200. The monoisotopic (exact) mass is 572 g/mol. The maximum absolute atomic E-state index is 13.9. The van der Waals surface area contributed by atoms with Gasteiger partial charge in [0.2, 0.25) is 11.8 Å². The van der Waals surface area contributed by atoms with Gasteiger partial charge < -0.3 is 15.4 Å². The summed E-state index contributed by atoms with van der Waals surface area (Å²) in [6.45, 7) is 2.33. The number of aryl methyl sites for hydroxylation is 1. The molecule has 218 valence electrons. The number of halogens is 3. The summed E-state index contributed by atoms with van der Waals surface area (Å²) >= 11 is 0. The number of hydrogen-bond donors (Lipinski definition) is 3. The van der Waals surface area contributed by atoms with Crippen molar-refractivity contribution in [3.8, 4) is 0 Å². The highest BCUT2D eigenvalue weighted by molar-refractivity contribution is 6.09. The Balaban J connectivity index is 1.30. The van der Waals surface area contributed by atoms with Gasteiger partial charge in [-0.25, -0.2) is 4.79 Å². The van der Waals surface area contributed by atoms with E-state index >= 15 is 0 Å². The summed E-state index contributed by atoms with van der Waals surface area (Å²) in [5.74, 6) is -4.19. The van der Waals surface area contributed by atoms with Gasteiger partial charge in [0.05, 0.1) is 17.8 Å². The summed E-state index contributed by atoms with van der Waals surface area (Å²) in [4.78, 5) is 52.8. The van der Waals surface area contributed by atoms with Gasteiger partial charge in [0, 0.05) is 12.3 Å². The van der Waals surface area contributed by atoms with Crippen molar-refractivity contribution >= 4 is 29.4 Å². The van der Waals surface area contributed by atoms with Crippen LogP contribution in [0.15, 0.2) is 42.5 Å². The number of ether oxygens (including phenoxy) is 1. The van der Waals surface area contributed by atoms with Gasteiger partial charge in [-0.2, -0.15) is 13.2 Å². The van der Waals surface area contributed by atoms with Gasteiger partial charge in [0.1, 0.15) is 18.8 Å². The molecule has 3 aliphatic rings. The zero-order valence-corrected chi connectivity index (χ0v) is 22.6. The van der Waals surface area contributed by atoms with E-state index in [4.69, 9.17) is 0 Å². The quantitative estimate of drug-likeness (QED) is 0.347. The average molecular weight is 573 g/mol. The summed E-state index contributed by atoms with van der Waals surface area (Å²) in [5.41, 5.74) is 4.64. The van der Waals surface area contributed by atoms with Crippen LogP contribution in [0.25, 0.3) is 0 Å². The van der Waals surface area contributed by atoms with Crippen molar-refractivity contribution in [2.24, 2.45) is 0 Å². The molecule has 0 saturated heterocycles. The molecular weight excluding hydrogens is 541 g/mol. The van der Waals surface area contributed by atoms with Gasteiger partial charge in [0.25, 0.3) is 5.91 Å². The number of para-hydroxylation sites is 1. The highest BCUT2D eigenvalue weighted by Gasteiger charge is 2.49. The molecule has 0 aromatic heterocycles. The Morgan fingerprint density at radius 2 is 1.76 bits per heavy atom. The normalized spacial score (nSPS) is 23.7. The van der Waals surface area contributed by atoms with Crippen molar-refractivity contribution in [3.63, 3.8) is 0 Å². The zero-order chi connectivity index (χ0) is 29.5. The van der Waals surface area contributed by atoms with Crippen molar-refractivity contribution in [1.82, 2.24) is 16.0 Å². The molecule has 2 aliphatic heterocycles. The molecule has 0 radical (unpaired) electrons. The van der Waals surface area contributed by atoms with Crippen LogP contribution in [0.3, 0.4) is 0 Å². The van der Waals surface area contributed by atoms with Crippen LogP contribution in [-0.4, -0.2) is 54.7 Å². The molecule has 0 saturated carbocycles. The lowest BCUT2D eigenvalue weighted by Crippen LogP contribution is -2.60. The molecule has 0 spiro atoms. The second-order valence-corrected chi connectivity index (χ2v) is 10.7. The molecule has 5 rings (SSSR count). The third-order valence-electron chi connectivity index (χ3n) is 8.11. The largest absolute Gasteiger partial charge is 0.490 e. The fraction of sp³-hybridized carbons (Fsp3) is 0.448. The summed E-state index contributed by atoms with van der Waals surface area (Å²) in [5, 5.41) is 8.23. The standard InChI is InChI=1S/C29H31F3N4O5/c1-15-19-11-5-9-18-13-22(26(38)34-21-12-6-8-17-7-3-4-10-20(17)21)36(24(18)19)27(39)23(15)35-25(37)16(2)33-14-41-28(40)29(30,31)32/h3-5,7,9-11,15-16,21-23,33H,6,8,12-14H2,1-2H3,(H,34,38)(H,35,37)/t15?,16-,21+,22-,23-/m0/s1. The number of nitrogens with zero attached hydrogens (tertiary/aromatic N) is 1. The molecule has 9 nitrogen and oxygen atoms in total. The fourth-order valence-corrected chi connectivity index (χ4v) is 5.95. The first-order valence-corrected chi connectivity index (χ1v) is 13.6. The first kappa shape index (κ1) is 28.6. The number of rotatable bonds is 7. The second-order valence-electron chi connectivity index (χ2n) is 10.7. The number of nitrogens with one attached hydrogen (secondary N) is 3. The maximum Gasteiger partial charge on any atom is 0.490 e. The number of fused-ring (bicyclic) bond motifs is 1. The van der Waals surface area contributed by atoms with Gasteiger partial charge in [-0.15, -0.1) is 0 Å². The van der Waals surface area contributed by atoms with Gasteiger partial charge in [-0.05, 0) is 48.4 Å². The summed E-state index contributed by atoms with van der Waals surface area (Å²) < 4.78 is 41.2. The fourth-order valence-electron chi connectivity index (χ4n) is 5.95. The Morgan fingerprint density at radius 1 is 1.05 bits per heavy atom. The van der Waals surface area contributed by atoms with E-state index in [0.29, 0.717) is 12.1 Å². The predicted molar refractivity (Wildman–Crippen MR) is 142 cm³/mol. The van der Waals surface area contributed by atoms with Crippen LogP contribution in [0.2, 0.25) is 0 Å². The Kier molecular flexibility index (Phi) is 7.78. The van der Waals surface area contributed by atoms with Crippen LogP contribution in [0, 0.1) is 0 Å². The molecule has 0 bridgehead atoms. The first-order valence-electron chi connectivity index (χ1n) is 13.6. The van der Waals surface area contributed by atoms with Crippen molar-refractivity contribution in [2.75, 3.05) is 11.6 Å². The number of esters is 1. The molecule has 1 aliphatic carbocycles. The van der Waals surface area contributed by atoms with E-state index in [2.05, 4.69) is 26.8 Å². The molecule has 0 fully saturated rings. The molecule has 2 aromatic rings. The molecule has 2 aromatic carbocycles. The van der Waals surface area contributed by atoms with Crippen molar-refractivity contribution < 1.29 is 37.1 Å². The van der Waals surface area contributed by atoms with E-state index in [-0.39, 0.29) is 11.9 Å². The number of anilines is 1. The maximum atomic E-state index is 13.9. The molecule has 3 N–H and O–H groups in total. The SMILES string of the molecule is CC1c2cccc3c2N(C(=O)[C@H]1NC(=O)[C@H](C)NCOC(=O)C(F)(F)F)[C@H](C(=O)N[C@@H]1CCCc2ccccc21)C3. The van der Waals surface area contributed by atoms with Crippen LogP contribution in [0.5, 0.6) is 0 Å². The summed E-state index contributed by atoms with van der Waals surface area (Å²) in [7, 11) is 0. The van der Waals surface area contributed by atoms with E-state index in [9.17, 15) is 32.3 Å². The van der Waals surface area contributed by atoms with Crippen LogP contribution in [0.4, 0.5) is 18.9 Å². The van der Waals surface area contributed by atoms with Crippen LogP contribution < -0.4 is 20.9 Å². The highest BCUT2D eigenvalue weighted by atomic mass is 19.4. The van der Waals surface area contributed by atoms with Gasteiger partial charge >= 0.3 is 12.1 Å². The van der Waals surface area contributed by atoms with E-state index in [1.54, 1.807) is 6.92 Å². The first-order chi connectivity index (χ1) is 19.5. The highest BCUT2D eigenvalue weighted by Crippen LogP contribution is 2.44. The van der Waals surface area contributed by atoms with Gasteiger partial charge in [-0.3, -0.25) is 24.6 Å². The molecule has 1 unspecified atom stereocenters. The zero-order valence-electron chi connectivity index (χ0n) is 22.6. The Bertz CT molecular complexity index is 1380. The Morgan fingerprint density at radius 3 is 2.51 bits per heavy atom. The molecule has 41 heavy (non-hydrogen) atoms. The smallest absolute Gasteiger partial charge is 0.443 e. The van der Waals surface area contributed by atoms with E-state index in [1.165, 1.54) is 17.4 Å². The molecule has 12 heteroatoms. The molecular formula is C29H31F3N4O5. The van der Waals surface area contributed by atoms with Crippen LogP contribution >= 0.6 is 0 Å². The summed E-state index contributed by atoms with van der Waals surface area (Å²) in [6.07, 6.45) is -2.14. The third-order valence-corrected chi connectivity index (χ3v) is 8.11. The Hall–Kier alpha value is -3.93. The van der Waals surface area contributed by atoms with Crippen molar-refractivity contribution in [1.29, 1.82) is 0 Å². The average Bonchev–Trinajstić information content (AvgIpc) is 3.34. The van der Waals surface area contributed by atoms with E-state index < -0.39 is 54.7 Å². The van der Waals surface area contributed by atoms with Crippen molar-refractivity contribution in [3.05, 3.63) is 64.7 Å². The molecule has 3 amide bonds. The number of carbonyl (C=O) groups excluding carboxylic acids is 4. The van der Waals surface area contributed by atoms with Crippen LogP contribution in [-0.2, 0) is 36.8 Å². The second kappa shape index (κ2) is 11.2. The lowest BCUT2D eigenvalue weighted by Gasteiger charge is -2.39. The van der Waals surface area contributed by atoms with E-state index in [0.717, 1.165) is 36.0 Å².